The molecule has 0 saturated heterocycles. The van der Waals surface area contributed by atoms with Crippen LogP contribution in [0.4, 0.5) is 0 Å². The molecule has 0 aliphatic heterocycles. The van der Waals surface area contributed by atoms with E-state index in [2.05, 4.69) is 4.72 Å². The standard InChI is InChI=1S/C10H25N3O3S/c1-4-6-13(7-5-2)17(15,16)12-8-10(11)9(3)14/h9-10,12,14H,4-8,11H2,1-3H3. The molecule has 17 heavy (non-hydrogen) atoms. The first kappa shape index (κ1) is 16.8. The van der Waals surface area contributed by atoms with Crippen molar-refractivity contribution in [1.82, 2.24) is 9.03 Å². The molecule has 0 aliphatic rings. The molecule has 0 rings (SSSR count). The number of rotatable bonds is 9. The number of hydrogen-bond donors (Lipinski definition) is 3. The summed E-state index contributed by atoms with van der Waals surface area (Å²) in [6, 6.07) is -0.588. The zero-order chi connectivity index (χ0) is 13.5. The van der Waals surface area contributed by atoms with Crippen LogP contribution in [-0.2, 0) is 10.2 Å². The molecular weight excluding hydrogens is 242 g/mol. The fraction of sp³-hybridized carbons (Fsp3) is 1.00. The van der Waals surface area contributed by atoms with Gasteiger partial charge in [-0.05, 0) is 19.8 Å². The number of nitrogens with one attached hydrogen (secondary N) is 1. The molecule has 104 valence electrons. The second kappa shape index (κ2) is 7.99. The van der Waals surface area contributed by atoms with Gasteiger partial charge in [0.15, 0.2) is 0 Å². The summed E-state index contributed by atoms with van der Waals surface area (Å²) in [6.45, 7) is 6.43. The summed E-state index contributed by atoms with van der Waals surface area (Å²) in [5.41, 5.74) is 5.58. The monoisotopic (exact) mass is 267 g/mol. The van der Waals surface area contributed by atoms with Crippen LogP contribution in [0.1, 0.15) is 33.6 Å². The summed E-state index contributed by atoms with van der Waals surface area (Å²) in [7, 11) is -3.48. The van der Waals surface area contributed by atoms with Crippen LogP contribution in [0.3, 0.4) is 0 Å². The Morgan fingerprint density at radius 1 is 1.29 bits per heavy atom. The van der Waals surface area contributed by atoms with E-state index >= 15 is 0 Å². The molecule has 0 heterocycles. The van der Waals surface area contributed by atoms with Crippen molar-refractivity contribution in [2.75, 3.05) is 19.6 Å². The summed E-state index contributed by atoms with van der Waals surface area (Å²) in [5.74, 6) is 0. The van der Waals surface area contributed by atoms with Gasteiger partial charge in [-0.2, -0.15) is 12.7 Å². The summed E-state index contributed by atoms with van der Waals surface area (Å²) in [4.78, 5) is 0. The Balaban J connectivity index is 4.42. The minimum absolute atomic E-state index is 0.0456. The van der Waals surface area contributed by atoms with E-state index in [1.54, 1.807) is 0 Å². The first-order valence-electron chi connectivity index (χ1n) is 6.03. The average molecular weight is 267 g/mol. The lowest BCUT2D eigenvalue weighted by Crippen LogP contribution is -2.48. The highest BCUT2D eigenvalue weighted by molar-refractivity contribution is 7.87. The lowest BCUT2D eigenvalue weighted by Gasteiger charge is -2.23. The fourth-order valence-corrected chi connectivity index (χ4v) is 2.75. The summed E-state index contributed by atoms with van der Waals surface area (Å²) < 4.78 is 27.7. The molecule has 2 unspecified atom stereocenters. The van der Waals surface area contributed by atoms with E-state index in [9.17, 15) is 13.5 Å². The van der Waals surface area contributed by atoms with Gasteiger partial charge >= 0.3 is 0 Å². The predicted molar refractivity (Wildman–Crippen MR) is 68.7 cm³/mol. The summed E-state index contributed by atoms with van der Waals surface area (Å²) in [6.07, 6.45) is 0.802. The lowest BCUT2D eigenvalue weighted by molar-refractivity contribution is 0.164. The van der Waals surface area contributed by atoms with Crippen LogP contribution in [0.2, 0.25) is 0 Å². The molecule has 0 radical (unpaired) electrons. The van der Waals surface area contributed by atoms with E-state index in [4.69, 9.17) is 5.73 Å². The Morgan fingerprint density at radius 3 is 2.12 bits per heavy atom. The number of hydrogen-bond acceptors (Lipinski definition) is 4. The summed E-state index contributed by atoms with van der Waals surface area (Å²) >= 11 is 0. The van der Waals surface area contributed by atoms with Crippen LogP contribution >= 0.6 is 0 Å². The third-order valence-electron chi connectivity index (χ3n) is 2.41. The smallest absolute Gasteiger partial charge is 0.279 e. The normalized spacial score (nSPS) is 16.1. The molecule has 7 heteroatoms. The third-order valence-corrected chi connectivity index (χ3v) is 3.98. The van der Waals surface area contributed by atoms with Gasteiger partial charge in [0.05, 0.1) is 6.10 Å². The Morgan fingerprint density at radius 2 is 1.76 bits per heavy atom. The zero-order valence-corrected chi connectivity index (χ0v) is 11.7. The number of aliphatic hydroxyl groups excluding tert-OH is 1. The SMILES string of the molecule is CCCN(CCC)S(=O)(=O)NCC(N)C(C)O. The van der Waals surface area contributed by atoms with Gasteiger partial charge in [-0.1, -0.05) is 13.8 Å². The van der Waals surface area contributed by atoms with Gasteiger partial charge in [-0.15, -0.1) is 0 Å². The van der Waals surface area contributed by atoms with Crippen molar-refractivity contribution in [2.24, 2.45) is 5.73 Å². The second-order valence-electron chi connectivity index (χ2n) is 4.16. The van der Waals surface area contributed by atoms with Crippen LogP contribution in [0.15, 0.2) is 0 Å². The highest BCUT2D eigenvalue weighted by atomic mass is 32.2. The Hall–Kier alpha value is -0.210. The Kier molecular flexibility index (Phi) is 7.89. The van der Waals surface area contributed by atoms with Gasteiger partial charge in [-0.3, -0.25) is 0 Å². The van der Waals surface area contributed by atoms with Gasteiger partial charge < -0.3 is 10.8 Å². The van der Waals surface area contributed by atoms with Crippen molar-refractivity contribution in [1.29, 1.82) is 0 Å². The fourth-order valence-electron chi connectivity index (χ4n) is 1.31. The van der Waals surface area contributed by atoms with Crippen molar-refractivity contribution in [3.05, 3.63) is 0 Å². The molecule has 0 bridgehead atoms. The maximum Gasteiger partial charge on any atom is 0.279 e. The quantitative estimate of drug-likeness (QED) is 0.532. The maximum absolute atomic E-state index is 11.9. The summed E-state index contributed by atoms with van der Waals surface area (Å²) in [5, 5.41) is 9.19. The van der Waals surface area contributed by atoms with Gasteiger partial charge in [0.1, 0.15) is 0 Å². The van der Waals surface area contributed by atoms with Crippen LogP contribution in [0.5, 0.6) is 0 Å². The largest absolute Gasteiger partial charge is 0.392 e. The van der Waals surface area contributed by atoms with Crippen LogP contribution in [0, 0.1) is 0 Å². The molecule has 0 aromatic heterocycles. The molecule has 6 nitrogen and oxygen atoms in total. The molecule has 0 aromatic carbocycles. The molecule has 2 atom stereocenters. The average Bonchev–Trinajstić information content (AvgIpc) is 2.25. The van der Waals surface area contributed by atoms with Crippen LogP contribution in [0.25, 0.3) is 0 Å². The number of aliphatic hydroxyl groups is 1. The molecule has 0 saturated carbocycles. The predicted octanol–water partition coefficient (Wildman–Crippen LogP) is -0.349. The van der Waals surface area contributed by atoms with Crippen molar-refractivity contribution >= 4 is 10.2 Å². The minimum Gasteiger partial charge on any atom is -0.392 e. The van der Waals surface area contributed by atoms with Crippen LogP contribution in [-0.4, -0.2) is 49.6 Å². The van der Waals surface area contributed by atoms with E-state index < -0.39 is 22.4 Å². The molecule has 0 aromatic rings. The van der Waals surface area contributed by atoms with Crippen molar-refractivity contribution < 1.29 is 13.5 Å². The van der Waals surface area contributed by atoms with Crippen molar-refractivity contribution in [2.45, 2.75) is 45.8 Å². The molecule has 4 N–H and O–H groups in total. The number of nitrogens with zero attached hydrogens (tertiary/aromatic N) is 1. The van der Waals surface area contributed by atoms with Gasteiger partial charge in [0.2, 0.25) is 0 Å². The Labute approximate surface area is 104 Å². The van der Waals surface area contributed by atoms with E-state index in [0.29, 0.717) is 13.1 Å². The number of nitrogens with two attached hydrogens (primary N) is 1. The lowest BCUT2D eigenvalue weighted by atomic mass is 10.2. The van der Waals surface area contributed by atoms with E-state index in [1.165, 1.54) is 11.2 Å². The van der Waals surface area contributed by atoms with Gasteiger partial charge in [0, 0.05) is 25.7 Å². The minimum atomic E-state index is -3.48. The molecule has 0 amide bonds. The molecular formula is C10H25N3O3S. The zero-order valence-electron chi connectivity index (χ0n) is 10.9. The highest BCUT2D eigenvalue weighted by Crippen LogP contribution is 2.01. The maximum atomic E-state index is 11.9. The van der Waals surface area contributed by atoms with Crippen molar-refractivity contribution in [3.8, 4) is 0 Å². The molecule has 0 aliphatic carbocycles. The first-order valence-corrected chi connectivity index (χ1v) is 7.47. The molecule has 0 spiro atoms. The highest BCUT2D eigenvalue weighted by Gasteiger charge is 2.21. The van der Waals surface area contributed by atoms with E-state index in [-0.39, 0.29) is 6.54 Å². The first-order chi connectivity index (χ1) is 7.85. The molecule has 0 fully saturated rings. The van der Waals surface area contributed by atoms with Gasteiger partial charge in [0.25, 0.3) is 10.2 Å². The van der Waals surface area contributed by atoms with Crippen molar-refractivity contribution in [3.63, 3.8) is 0 Å². The Bertz CT molecular complexity index is 287. The van der Waals surface area contributed by atoms with E-state index in [1.807, 2.05) is 13.8 Å². The van der Waals surface area contributed by atoms with Gasteiger partial charge in [-0.25, -0.2) is 4.72 Å². The second-order valence-corrected chi connectivity index (χ2v) is 5.91. The van der Waals surface area contributed by atoms with E-state index in [0.717, 1.165) is 12.8 Å². The third kappa shape index (κ3) is 6.32. The van der Waals surface area contributed by atoms with Crippen LogP contribution < -0.4 is 10.5 Å². The topological polar surface area (TPSA) is 95.7 Å².